The molecule has 0 aliphatic carbocycles. The highest BCUT2D eigenvalue weighted by molar-refractivity contribution is 5.80. The van der Waals surface area contributed by atoms with Crippen LogP contribution in [-0.2, 0) is 22.4 Å². The predicted octanol–water partition coefficient (Wildman–Crippen LogP) is 3.56. The summed E-state index contributed by atoms with van der Waals surface area (Å²) in [6, 6.07) is 11.2. The summed E-state index contributed by atoms with van der Waals surface area (Å²) in [7, 11) is 0. The number of Topliss-reactive ketones (excluding diaryl/α,β-unsaturated/α-hetero) is 1. The lowest BCUT2D eigenvalue weighted by Gasteiger charge is -2.28. The van der Waals surface area contributed by atoms with Crippen LogP contribution in [-0.4, -0.2) is 30.1 Å². The van der Waals surface area contributed by atoms with Gasteiger partial charge in [0.15, 0.2) is 0 Å². The number of anilines is 1. The number of aliphatic hydroxyl groups excluding tert-OH is 1. The first-order valence-electron chi connectivity index (χ1n) is 9.54. The van der Waals surface area contributed by atoms with Crippen molar-refractivity contribution < 1.29 is 19.0 Å². The molecule has 142 valence electrons. The van der Waals surface area contributed by atoms with Crippen molar-refractivity contribution in [3.05, 3.63) is 64.5 Å². The average molecular weight is 369 g/mol. The molecule has 5 heteroatoms. The van der Waals surface area contributed by atoms with E-state index < -0.39 is 12.2 Å². The molecule has 4 rings (SSSR count). The Bertz CT molecular complexity index is 851. The summed E-state index contributed by atoms with van der Waals surface area (Å²) in [5, 5.41) is 12.7. The van der Waals surface area contributed by atoms with Crippen LogP contribution in [0.4, 0.5) is 10.1 Å². The third-order valence-electron chi connectivity index (χ3n) is 5.37. The van der Waals surface area contributed by atoms with E-state index in [0.29, 0.717) is 12.0 Å². The zero-order valence-corrected chi connectivity index (χ0v) is 15.2. The summed E-state index contributed by atoms with van der Waals surface area (Å²) in [5.41, 5.74) is 4.91. The van der Waals surface area contributed by atoms with Gasteiger partial charge in [0.25, 0.3) is 0 Å². The molecule has 2 aliphatic rings. The Morgan fingerprint density at radius 1 is 1.19 bits per heavy atom. The van der Waals surface area contributed by atoms with Gasteiger partial charge in [-0.2, -0.15) is 0 Å². The van der Waals surface area contributed by atoms with Crippen LogP contribution in [0.5, 0.6) is 0 Å². The van der Waals surface area contributed by atoms with Gasteiger partial charge in [0.05, 0.1) is 18.8 Å². The summed E-state index contributed by atoms with van der Waals surface area (Å²) in [4.78, 5) is 11.9. The van der Waals surface area contributed by atoms with Crippen LogP contribution in [0.25, 0.3) is 0 Å². The molecule has 0 saturated carbocycles. The van der Waals surface area contributed by atoms with Gasteiger partial charge >= 0.3 is 0 Å². The second-order valence-corrected chi connectivity index (χ2v) is 7.43. The van der Waals surface area contributed by atoms with Gasteiger partial charge in [-0.25, -0.2) is 4.39 Å². The smallest absolute Gasteiger partial charge is 0.138 e. The summed E-state index contributed by atoms with van der Waals surface area (Å²) in [6.45, 7) is 0.817. The molecule has 2 aromatic carbocycles. The zero-order valence-electron chi connectivity index (χ0n) is 15.2. The second kappa shape index (κ2) is 7.79. The molecule has 2 aliphatic heterocycles. The van der Waals surface area contributed by atoms with Crippen LogP contribution in [0.15, 0.2) is 36.4 Å². The quantitative estimate of drug-likeness (QED) is 0.865. The van der Waals surface area contributed by atoms with E-state index in [2.05, 4.69) is 17.4 Å². The molecule has 0 spiro atoms. The number of aryl methyl sites for hydroxylation is 1. The minimum absolute atomic E-state index is 0.0679. The maximum Gasteiger partial charge on any atom is 0.138 e. The molecule has 0 bridgehead atoms. The van der Waals surface area contributed by atoms with E-state index in [4.69, 9.17) is 4.74 Å². The van der Waals surface area contributed by atoms with Crippen LogP contribution in [0.1, 0.15) is 47.6 Å². The molecular formula is C22H24FNO3. The summed E-state index contributed by atoms with van der Waals surface area (Å²) in [6.07, 6.45) is 2.26. The number of ketones is 1. The average Bonchev–Trinajstić information content (AvgIpc) is 2.69. The highest BCUT2D eigenvalue weighted by atomic mass is 19.1. The first-order chi connectivity index (χ1) is 13.1. The lowest BCUT2D eigenvalue weighted by molar-refractivity contribution is -0.139. The van der Waals surface area contributed by atoms with Gasteiger partial charge in [0.2, 0.25) is 0 Å². The SMILES string of the molecule is O=C1C[C@@H](CO)O[C@@H](c2ccc(F)c(Cc3ccc4c(c3)CCCN4)c2)C1. The molecule has 1 saturated heterocycles. The Morgan fingerprint density at radius 2 is 2.07 bits per heavy atom. The first-order valence-corrected chi connectivity index (χ1v) is 9.54. The Kier molecular flexibility index (Phi) is 5.23. The lowest BCUT2D eigenvalue weighted by atomic mass is 9.93. The van der Waals surface area contributed by atoms with Gasteiger partial charge in [-0.3, -0.25) is 4.79 Å². The number of benzene rings is 2. The molecular weight excluding hydrogens is 345 g/mol. The number of carbonyl (C=O) groups excluding carboxylic acids is 1. The number of nitrogens with one attached hydrogen (secondary N) is 1. The number of aliphatic hydroxyl groups is 1. The van der Waals surface area contributed by atoms with Gasteiger partial charge in [0, 0.05) is 31.5 Å². The molecule has 1 fully saturated rings. The van der Waals surface area contributed by atoms with Crippen molar-refractivity contribution in [3.8, 4) is 0 Å². The van der Waals surface area contributed by atoms with Crippen LogP contribution in [0, 0.1) is 5.82 Å². The van der Waals surface area contributed by atoms with Gasteiger partial charge in [0.1, 0.15) is 11.6 Å². The number of halogens is 1. The van der Waals surface area contributed by atoms with Crippen LogP contribution < -0.4 is 5.32 Å². The second-order valence-electron chi connectivity index (χ2n) is 7.43. The van der Waals surface area contributed by atoms with Gasteiger partial charge < -0.3 is 15.2 Å². The normalized spacial score (nSPS) is 22.2. The summed E-state index contributed by atoms with van der Waals surface area (Å²) < 4.78 is 20.2. The third kappa shape index (κ3) is 4.04. The Hall–Kier alpha value is -2.24. The summed E-state index contributed by atoms with van der Waals surface area (Å²) in [5.74, 6) is -0.186. The van der Waals surface area contributed by atoms with E-state index in [0.717, 1.165) is 30.5 Å². The number of hydrogen-bond acceptors (Lipinski definition) is 4. The van der Waals surface area contributed by atoms with E-state index in [1.807, 2.05) is 6.07 Å². The number of ether oxygens (including phenoxy) is 1. The van der Waals surface area contributed by atoms with Crippen molar-refractivity contribution in [2.24, 2.45) is 0 Å². The molecule has 27 heavy (non-hydrogen) atoms. The van der Waals surface area contributed by atoms with Crippen LogP contribution in [0.2, 0.25) is 0 Å². The Morgan fingerprint density at radius 3 is 2.93 bits per heavy atom. The van der Waals surface area contributed by atoms with Gasteiger partial charge in [-0.15, -0.1) is 0 Å². The molecule has 2 heterocycles. The van der Waals surface area contributed by atoms with Crippen LogP contribution in [0.3, 0.4) is 0 Å². The maximum absolute atomic E-state index is 14.4. The maximum atomic E-state index is 14.4. The van der Waals surface area contributed by atoms with E-state index in [1.54, 1.807) is 12.1 Å². The fourth-order valence-corrected chi connectivity index (χ4v) is 3.97. The monoisotopic (exact) mass is 369 g/mol. The highest BCUT2D eigenvalue weighted by Gasteiger charge is 2.29. The fraction of sp³-hybridized carbons (Fsp3) is 0.409. The van der Waals surface area contributed by atoms with Crippen molar-refractivity contribution in [2.45, 2.75) is 44.3 Å². The molecule has 0 unspecified atom stereocenters. The number of fused-ring (bicyclic) bond motifs is 1. The first kappa shape index (κ1) is 18.1. The standard InChI is InChI=1S/C22H24FNO3/c23-20-5-4-16(22-12-18(26)11-19(13-25)27-22)10-17(20)9-14-3-6-21-15(8-14)2-1-7-24-21/h3-6,8,10,19,22,24-25H,1-2,7,9,11-13H2/t19-,22+/m0/s1. The van der Waals surface area contributed by atoms with Crippen molar-refractivity contribution in [1.29, 1.82) is 0 Å². The van der Waals surface area contributed by atoms with Crippen molar-refractivity contribution in [1.82, 2.24) is 0 Å². The number of carbonyl (C=O) groups is 1. The van der Waals surface area contributed by atoms with Gasteiger partial charge in [-0.05, 0) is 53.3 Å². The topological polar surface area (TPSA) is 58.6 Å². The summed E-state index contributed by atoms with van der Waals surface area (Å²) >= 11 is 0. The van der Waals surface area contributed by atoms with Crippen molar-refractivity contribution >= 4 is 11.5 Å². The number of rotatable bonds is 4. The lowest BCUT2D eigenvalue weighted by Crippen LogP contribution is -2.31. The van der Waals surface area contributed by atoms with E-state index in [9.17, 15) is 14.3 Å². The molecule has 0 radical (unpaired) electrons. The van der Waals surface area contributed by atoms with Crippen molar-refractivity contribution in [3.63, 3.8) is 0 Å². The van der Waals surface area contributed by atoms with E-state index >= 15 is 0 Å². The minimum atomic E-state index is -0.474. The van der Waals surface area contributed by atoms with E-state index in [1.165, 1.54) is 17.3 Å². The van der Waals surface area contributed by atoms with E-state index in [-0.39, 0.29) is 31.0 Å². The van der Waals surface area contributed by atoms with Crippen LogP contribution >= 0.6 is 0 Å². The molecule has 2 atom stereocenters. The Labute approximate surface area is 158 Å². The molecule has 2 aromatic rings. The largest absolute Gasteiger partial charge is 0.394 e. The van der Waals surface area contributed by atoms with Gasteiger partial charge in [-0.1, -0.05) is 18.2 Å². The zero-order chi connectivity index (χ0) is 18.8. The molecule has 4 nitrogen and oxygen atoms in total. The molecule has 2 N–H and O–H groups in total. The Balaban J connectivity index is 1.56. The predicted molar refractivity (Wildman–Crippen MR) is 101 cm³/mol. The fourth-order valence-electron chi connectivity index (χ4n) is 3.97. The molecule has 0 aromatic heterocycles. The number of hydrogen-bond donors (Lipinski definition) is 2. The van der Waals surface area contributed by atoms with Crippen molar-refractivity contribution in [2.75, 3.05) is 18.5 Å². The molecule has 0 amide bonds. The highest BCUT2D eigenvalue weighted by Crippen LogP contribution is 2.31. The third-order valence-corrected chi connectivity index (χ3v) is 5.37. The minimum Gasteiger partial charge on any atom is -0.394 e.